The van der Waals surface area contributed by atoms with E-state index in [9.17, 15) is 29.4 Å². The van der Waals surface area contributed by atoms with Crippen molar-refractivity contribution >= 4 is 23.9 Å². The van der Waals surface area contributed by atoms with Crippen LogP contribution in [0.25, 0.3) is 0 Å². The van der Waals surface area contributed by atoms with Crippen molar-refractivity contribution in [2.24, 2.45) is 23.7 Å². The second kappa shape index (κ2) is 12.2. The minimum Gasteiger partial charge on any atom is -0.481 e. The topological polar surface area (TPSA) is 127 Å². The van der Waals surface area contributed by atoms with Gasteiger partial charge in [0.1, 0.15) is 0 Å². The highest BCUT2D eigenvalue weighted by atomic mass is 16.5. The maximum absolute atomic E-state index is 12.5. The molecule has 0 aromatic rings. The van der Waals surface area contributed by atoms with Gasteiger partial charge in [0.05, 0.1) is 37.4 Å². The summed E-state index contributed by atoms with van der Waals surface area (Å²) in [6, 6.07) is 0. The Balaban J connectivity index is 2.94. The molecular weight excluding hydrogens is 368 g/mol. The van der Waals surface area contributed by atoms with E-state index >= 15 is 0 Å². The average molecular weight is 398 g/mol. The molecule has 0 spiro atoms. The van der Waals surface area contributed by atoms with E-state index < -0.39 is 47.5 Å². The Hall–Kier alpha value is -2.38. The Morgan fingerprint density at radius 3 is 2.11 bits per heavy atom. The molecule has 4 atom stereocenters. The number of carbonyl (C=O) groups excluding carboxylic acids is 2. The third-order valence-corrected chi connectivity index (χ3v) is 4.84. The summed E-state index contributed by atoms with van der Waals surface area (Å²) in [5.74, 6) is -7.46. The Morgan fingerprint density at radius 2 is 1.57 bits per heavy atom. The molecule has 2 N–H and O–H groups in total. The van der Waals surface area contributed by atoms with E-state index in [1.807, 2.05) is 13.8 Å². The van der Waals surface area contributed by atoms with Crippen LogP contribution < -0.4 is 0 Å². The van der Waals surface area contributed by atoms with Crippen molar-refractivity contribution in [1.82, 2.24) is 0 Å². The first kappa shape index (κ1) is 23.7. The molecule has 8 nitrogen and oxygen atoms in total. The van der Waals surface area contributed by atoms with Crippen LogP contribution in [0.5, 0.6) is 0 Å². The number of ether oxygens (including phenoxy) is 2. The Morgan fingerprint density at radius 1 is 0.964 bits per heavy atom. The van der Waals surface area contributed by atoms with Gasteiger partial charge in [0.25, 0.3) is 0 Å². The van der Waals surface area contributed by atoms with Gasteiger partial charge in [0.2, 0.25) is 0 Å². The lowest BCUT2D eigenvalue weighted by Crippen LogP contribution is -2.37. The maximum atomic E-state index is 12.5. The fraction of sp³-hybridized carbons (Fsp3) is 0.700. The fourth-order valence-corrected chi connectivity index (χ4v) is 3.12. The van der Waals surface area contributed by atoms with Crippen molar-refractivity contribution in [3.8, 4) is 0 Å². The van der Waals surface area contributed by atoms with E-state index in [0.29, 0.717) is 12.8 Å². The van der Waals surface area contributed by atoms with Crippen molar-refractivity contribution < 1.29 is 38.9 Å². The van der Waals surface area contributed by atoms with Crippen molar-refractivity contribution in [2.45, 2.75) is 52.4 Å². The van der Waals surface area contributed by atoms with Gasteiger partial charge in [-0.3, -0.25) is 19.2 Å². The van der Waals surface area contributed by atoms with E-state index in [1.54, 1.807) is 0 Å². The van der Waals surface area contributed by atoms with Crippen LogP contribution in [0.2, 0.25) is 0 Å². The zero-order valence-corrected chi connectivity index (χ0v) is 16.5. The molecule has 0 radical (unpaired) electrons. The molecule has 1 aliphatic rings. The SMILES string of the molecule is CCCCOC(=O)CC(C(=O)OCCCC)C1C=CC(C(=O)O)C(C(=O)O)C1. The van der Waals surface area contributed by atoms with Crippen LogP contribution in [-0.2, 0) is 28.7 Å². The monoisotopic (exact) mass is 398 g/mol. The standard InChI is InChI=1S/C20H30O8/c1-3-5-9-27-17(21)12-15(20(26)28-10-6-4-2)13-7-8-14(18(22)23)16(11-13)19(24)25/h7-8,13-16H,3-6,9-12H2,1-2H3,(H,22,23)(H,24,25). The normalized spacial score (nSPS) is 22.3. The van der Waals surface area contributed by atoms with Gasteiger partial charge in [-0.05, 0) is 25.2 Å². The highest BCUT2D eigenvalue weighted by Gasteiger charge is 2.41. The molecule has 0 amide bonds. The largest absolute Gasteiger partial charge is 0.481 e. The molecule has 1 aliphatic carbocycles. The number of allylic oxidation sites excluding steroid dienone is 1. The third-order valence-electron chi connectivity index (χ3n) is 4.84. The number of hydrogen-bond donors (Lipinski definition) is 2. The van der Waals surface area contributed by atoms with E-state index in [0.717, 1.165) is 12.8 Å². The number of unbranched alkanes of at least 4 members (excludes halogenated alkanes) is 2. The van der Waals surface area contributed by atoms with Crippen molar-refractivity contribution in [2.75, 3.05) is 13.2 Å². The first-order valence-electron chi connectivity index (χ1n) is 9.77. The molecule has 1 rings (SSSR count). The molecule has 0 aromatic carbocycles. The summed E-state index contributed by atoms with van der Waals surface area (Å²) in [6.07, 6.45) is 5.61. The quantitative estimate of drug-likeness (QED) is 0.292. The first-order valence-corrected chi connectivity index (χ1v) is 9.77. The predicted molar refractivity (Wildman–Crippen MR) is 99.3 cm³/mol. The average Bonchev–Trinajstić information content (AvgIpc) is 2.65. The van der Waals surface area contributed by atoms with Gasteiger partial charge in [-0.15, -0.1) is 0 Å². The molecule has 4 unspecified atom stereocenters. The van der Waals surface area contributed by atoms with Gasteiger partial charge in [-0.1, -0.05) is 38.8 Å². The third kappa shape index (κ3) is 7.32. The number of carbonyl (C=O) groups is 4. The number of carboxylic acids is 2. The van der Waals surface area contributed by atoms with Gasteiger partial charge >= 0.3 is 23.9 Å². The summed E-state index contributed by atoms with van der Waals surface area (Å²) >= 11 is 0. The summed E-state index contributed by atoms with van der Waals surface area (Å²) in [5.41, 5.74) is 0. The van der Waals surface area contributed by atoms with Crippen LogP contribution in [-0.4, -0.2) is 47.3 Å². The van der Waals surface area contributed by atoms with E-state index in [1.165, 1.54) is 12.2 Å². The molecule has 0 bridgehead atoms. The Kier molecular flexibility index (Phi) is 10.3. The molecule has 158 valence electrons. The zero-order valence-electron chi connectivity index (χ0n) is 16.5. The number of rotatable bonds is 12. The molecular formula is C20H30O8. The summed E-state index contributed by atoms with van der Waals surface area (Å²) in [4.78, 5) is 47.5. The second-order valence-corrected chi connectivity index (χ2v) is 7.00. The van der Waals surface area contributed by atoms with Crippen molar-refractivity contribution in [3.05, 3.63) is 12.2 Å². The van der Waals surface area contributed by atoms with Crippen LogP contribution >= 0.6 is 0 Å². The minimum atomic E-state index is -1.25. The molecule has 0 saturated carbocycles. The maximum Gasteiger partial charge on any atom is 0.311 e. The highest BCUT2D eigenvalue weighted by Crippen LogP contribution is 2.35. The Labute approximate surface area is 164 Å². The van der Waals surface area contributed by atoms with Gasteiger partial charge in [0, 0.05) is 0 Å². The lowest BCUT2D eigenvalue weighted by Gasteiger charge is -2.30. The predicted octanol–water partition coefficient (Wildman–Crippen LogP) is 2.66. The van der Waals surface area contributed by atoms with Gasteiger partial charge in [-0.2, -0.15) is 0 Å². The van der Waals surface area contributed by atoms with Gasteiger partial charge in [-0.25, -0.2) is 0 Å². The number of aliphatic carboxylic acids is 2. The number of esters is 2. The summed E-state index contributed by atoms with van der Waals surface area (Å²) in [7, 11) is 0. The second-order valence-electron chi connectivity index (χ2n) is 7.00. The first-order chi connectivity index (χ1) is 13.3. The van der Waals surface area contributed by atoms with Crippen LogP contribution in [0.1, 0.15) is 52.4 Å². The molecule has 0 heterocycles. The molecule has 28 heavy (non-hydrogen) atoms. The highest BCUT2D eigenvalue weighted by molar-refractivity contribution is 5.83. The van der Waals surface area contributed by atoms with Crippen LogP contribution in [0, 0.1) is 23.7 Å². The zero-order chi connectivity index (χ0) is 21.1. The van der Waals surface area contributed by atoms with E-state index in [2.05, 4.69) is 0 Å². The minimum absolute atomic E-state index is 0.0570. The number of hydrogen-bond acceptors (Lipinski definition) is 6. The molecule has 0 saturated heterocycles. The molecule has 0 aliphatic heterocycles. The van der Waals surface area contributed by atoms with E-state index in [4.69, 9.17) is 9.47 Å². The van der Waals surface area contributed by atoms with Crippen LogP contribution in [0.15, 0.2) is 12.2 Å². The van der Waals surface area contributed by atoms with Gasteiger partial charge < -0.3 is 19.7 Å². The van der Waals surface area contributed by atoms with Gasteiger partial charge in [0.15, 0.2) is 0 Å². The number of carboxylic acid groups (broad SMARTS) is 2. The van der Waals surface area contributed by atoms with Crippen LogP contribution in [0.3, 0.4) is 0 Å². The van der Waals surface area contributed by atoms with Crippen LogP contribution in [0.4, 0.5) is 0 Å². The Bertz CT molecular complexity index is 583. The molecule has 0 aromatic heterocycles. The molecule has 0 fully saturated rings. The van der Waals surface area contributed by atoms with Crippen molar-refractivity contribution in [1.29, 1.82) is 0 Å². The van der Waals surface area contributed by atoms with Crippen molar-refractivity contribution in [3.63, 3.8) is 0 Å². The smallest absolute Gasteiger partial charge is 0.311 e. The molecule has 8 heteroatoms. The fourth-order valence-electron chi connectivity index (χ4n) is 3.12. The lowest BCUT2D eigenvalue weighted by molar-refractivity contribution is -0.159. The summed E-state index contributed by atoms with van der Waals surface area (Å²) in [6.45, 7) is 4.38. The summed E-state index contributed by atoms with van der Waals surface area (Å²) < 4.78 is 10.4. The van der Waals surface area contributed by atoms with E-state index in [-0.39, 0.29) is 26.1 Å². The lowest BCUT2D eigenvalue weighted by atomic mass is 9.73. The summed E-state index contributed by atoms with van der Waals surface area (Å²) in [5, 5.41) is 18.6.